The molecule has 8 unspecified atom stereocenters. The Balaban J connectivity index is 0.000000741. The molecule has 8 atom stereocenters. The number of allylic oxidation sites excluding steroid dienone is 2. The van der Waals surface area contributed by atoms with Crippen LogP contribution < -0.4 is 0 Å². The van der Waals surface area contributed by atoms with Crippen molar-refractivity contribution >= 4 is 46.5 Å². The lowest BCUT2D eigenvalue weighted by Gasteiger charge is -2.25. The Morgan fingerprint density at radius 3 is 1.18 bits per heavy atom. The highest BCUT2D eigenvalue weighted by Crippen LogP contribution is 2.30. The molecule has 0 heterocycles. The molecule has 2 rings (SSSR count). The zero-order valence-electron chi connectivity index (χ0n) is 42.6. The van der Waals surface area contributed by atoms with Gasteiger partial charge in [-0.15, -0.1) is 0 Å². The van der Waals surface area contributed by atoms with E-state index in [-0.39, 0.29) is 66.4 Å². The second-order valence-electron chi connectivity index (χ2n) is 17.5. The van der Waals surface area contributed by atoms with Crippen LogP contribution >= 0.6 is 11.8 Å². The predicted molar refractivity (Wildman–Crippen MR) is 262 cm³/mol. The summed E-state index contributed by atoms with van der Waals surface area (Å²) in [6, 6.07) is 0. The number of aliphatic hydroxyl groups excluding tert-OH is 10. The normalized spacial score (nSPS) is 18.6. The quantitative estimate of drug-likeness (QED) is 0.0191. The standard InChI is InChI=1S/C25H44O12S.C24H40O12/c1-38-22-10-21(32)20(25(22)33)8-4-2-3-6-17(31)7-5-9-34-23(14-29)37-19(13-28)16-35-24(15-30)36-18(11-26)12-27;25-11-18(12-26)35-24(15-29)34-16-19(13-27)36-23(14-28)33-10-4-6-17(30)5-2-1-3-7-20-21(31)8-9-22(20)32/h18-20,22-24,26-30H,2-16H2,1H3;8-9,18-20,23-29H,1-7,10-16H2. The van der Waals surface area contributed by atoms with Gasteiger partial charge in [0.05, 0.1) is 110 Å². The maximum Gasteiger partial charge on any atom is 0.181 e. The smallest absolute Gasteiger partial charge is 0.181 e. The summed E-state index contributed by atoms with van der Waals surface area (Å²) in [4.78, 5) is 71.4. The van der Waals surface area contributed by atoms with Crippen molar-refractivity contribution in [3.05, 3.63) is 12.2 Å². The zero-order chi connectivity index (χ0) is 55.1. The predicted octanol–water partition coefficient (Wildman–Crippen LogP) is -1.38. The highest BCUT2D eigenvalue weighted by Gasteiger charge is 2.40. The van der Waals surface area contributed by atoms with E-state index in [1.54, 1.807) is 0 Å². The monoisotopic (exact) mass is 1090 g/mol. The lowest BCUT2D eigenvalue weighted by molar-refractivity contribution is -0.240. The first-order valence-corrected chi connectivity index (χ1v) is 26.5. The fourth-order valence-corrected chi connectivity index (χ4v) is 8.16. The van der Waals surface area contributed by atoms with Crippen molar-refractivity contribution in [2.24, 2.45) is 11.8 Å². The Labute approximate surface area is 437 Å². The molecule has 0 aliphatic heterocycles. The average molecular weight is 1090 g/mol. The first-order chi connectivity index (χ1) is 35.7. The van der Waals surface area contributed by atoms with Crippen LogP contribution in [0.2, 0.25) is 0 Å². The number of hydrogen-bond donors (Lipinski definition) is 10. The molecule has 2 aliphatic rings. The minimum Gasteiger partial charge on any atom is -0.394 e. The van der Waals surface area contributed by atoms with E-state index in [0.29, 0.717) is 77.0 Å². The first-order valence-electron chi connectivity index (χ1n) is 25.3. The lowest BCUT2D eigenvalue weighted by Crippen LogP contribution is -2.37. The van der Waals surface area contributed by atoms with Crippen molar-refractivity contribution in [2.75, 3.05) is 98.8 Å². The molecule has 0 amide bonds. The molecule has 0 aromatic heterocycles. The van der Waals surface area contributed by atoms with Crippen molar-refractivity contribution in [1.29, 1.82) is 0 Å². The van der Waals surface area contributed by atoms with Crippen molar-refractivity contribution in [3.63, 3.8) is 0 Å². The van der Waals surface area contributed by atoms with Crippen molar-refractivity contribution in [3.8, 4) is 0 Å². The molecule has 0 spiro atoms. The van der Waals surface area contributed by atoms with Gasteiger partial charge in [-0.1, -0.05) is 25.7 Å². The number of rotatable bonds is 47. The van der Waals surface area contributed by atoms with E-state index in [9.17, 15) is 59.4 Å². The van der Waals surface area contributed by atoms with Gasteiger partial charge in [0.25, 0.3) is 0 Å². The second kappa shape index (κ2) is 43.4. The van der Waals surface area contributed by atoms with Crippen molar-refractivity contribution in [1.82, 2.24) is 0 Å². The summed E-state index contributed by atoms with van der Waals surface area (Å²) in [6.07, 6.45) is 4.34. The van der Waals surface area contributed by atoms with E-state index in [1.807, 2.05) is 6.26 Å². The lowest BCUT2D eigenvalue weighted by atomic mass is 9.96. The van der Waals surface area contributed by atoms with E-state index >= 15 is 0 Å². The first kappa shape index (κ1) is 69.4. The molecular formula is C49H84O24S. The minimum atomic E-state index is -1.16. The molecule has 0 bridgehead atoms. The number of unbranched alkanes of at least 4 members (excludes halogenated alkanes) is 4. The summed E-state index contributed by atoms with van der Waals surface area (Å²) in [5, 5.41) is 92.4. The molecule has 1 saturated carbocycles. The fourth-order valence-electron chi connectivity index (χ4n) is 7.43. The third-order valence-corrected chi connectivity index (χ3v) is 12.6. The summed E-state index contributed by atoms with van der Waals surface area (Å²) in [6.45, 7) is -5.07. The van der Waals surface area contributed by atoms with Gasteiger partial charge in [-0.05, 0) is 56.9 Å². The van der Waals surface area contributed by atoms with Crippen LogP contribution in [0, 0.1) is 11.8 Å². The Kier molecular flexibility index (Phi) is 40.7. The van der Waals surface area contributed by atoms with Gasteiger partial charge in [0, 0.05) is 32.1 Å². The number of thioether (sulfide) groups is 1. The molecule has 430 valence electrons. The molecule has 0 saturated heterocycles. The number of ketones is 6. The highest BCUT2D eigenvalue weighted by molar-refractivity contribution is 8.00. The van der Waals surface area contributed by atoms with E-state index in [2.05, 4.69) is 0 Å². The number of ether oxygens (including phenoxy) is 8. The number of carbonyl (C=O) groups excluding carboxylic acids is 6. The van der Waals surface area contributed by atoms with Gasteiger partial charge >= 0.3 is 0 Å². The molecule has 74 heavy (non-hydrogen) atoms. The Bertz CT molecular complexity index is 1550. The molecule has 0 aromatic rings. The number of hydrogen-bond acceptors (Lipinski definition) is 25. The summed E-state index contributed by atoms with van der Waals surface area (Å²) in [5.74, 6) is -1.10. The van der Waals surface area contributed by atoms with Gasteiger partial charge in [-0.25, -0.2) is 0 Å². The van der Waals surface area contributed by atoms with Gasteiger partial charge < -0.3 is 89.0 Å². The number of Topliss-reactive ketones (excluding diaryl/α,β-unsaturated/α-hetero) is 4. The third kappa shape index (κ3) is 29.8. The Morgan fingerprint density at radius 2 is 0.824 bits per heavy atom. The summed E-state index contributed by atoms with van der Waals surface area (Å²) in [5.41, 5.74) is 0. The molecule has 1 fully saturated rings. The molecule has 25 heteroatoms. The van der Waals surface area contributed by atoms with Crippen LogP contribution in [-0.4, -0.2) is 239 Å². The highest BCUT2D eigenvalue weighted by atomic mass is 32.2. The molecule has 10 N–H and O–H groups in total. The van der Waals surface area contributed by atoms with E-state index in [4.69, 9.17) is 58.3 Å². The van der Waals surface area contributed by atoms with Crippen LogP contribution in [0.3, 0.4) is 0 Å². The summed E-state index contributed by atoms with van der Waals surface area (Å²) < 4.78 is 42.6. The topological polar surface area (TPSA) is 379 Å². The van der Waals surface area contributed by atoms with E-state index < -0.39 is 127 Å². The molecule has 0 radical (unpaired) electrons. The Morgan fingerprint density at radius 1 is 0.473 bits per heavy atom. The molecular weight excluding hydrogens is 1000 g/mol. The largest absolute Gasteiger partial charge is 0.394 e. The maximum atomic E-state index is 12.2. The van der Waals surface area contributed by atoms with Crippen LogP contribution in [0.15, 0.2) is 12.2 Å². The Hall–Kier alpha value is -2.61. The molecule has 0 aromatic carbocycles. The average Bonchev–Trinajstić information content (AvgIpc) is 3.88. The van der Waals surface area contributed by atoms with Gasteiger partial charge in [0.2, 0.25) is 0 Å². The van der Waals surface area contributed by atoms with Crippen molar-refractivity contribution in [2.45, 2.75) is 151 Å². The van der Waals surface area contributed by atoms with E-state index in [1.165, 1.54) is 23.9 Å². The van der Waals surface area contributed by atoms with Crippen LogP contribution in [-0.2, 0) is 66.7 Å². The number of aliphatic hydroxyl groups is 10. The number of carbonyl (C=O) groups is 6. The SMILES string of the molecule is CSC1CC(=O)C(CCCCCC(=O)CCCOC(CO)OC(CO)COC(CO)OC(CO)CO)C1=O.O=C(CCCCCC1C(=O)C=CC1=O)CCCOC(CO)OC(CO)COC(CO)OC(CO)CO. The van der Waals surface area contributed by atoms with Gasteiger partial charge in [-0.2, -0.15) is 11.8 Å². The van der Waals surface area contributed by atoms with Crippen LogP contribution in [0.1, 0.15) is 96.3 Å². The van der Waals surface area contributed by atoms with Gasteiger partial charge in [0.1, 0.15) is 41.8 Å². The summed E-state index contributed by atoms with van der Waals surface area (Å²) >= 11 is 1.43. The van der Waals surface area contributed by atoms with Crippen molar-refractivity contribution < 1.29 is 118 Å². The van der Waals surface area contributed by atoms with Crippen LogP contribution in [0.4, 0.5) is 0 Å². The van der Waals surface area contributed by atoms with Crippen LogP contribution in [0.25, 0.3) is 0 Å². The minimum absolute atomic E-state index is 0.0334. The molecule has 24 nitrogen and oxygen atoms in total. The third-order valence-electron chi connectivity index (χ3n) is 11.7. The molecule has 2 aliphatic carbocycles. The van der Waals surface area contributed by atoms with E-state index in [0.717, 1.165) is 19.3 Å². The van der Waals surface area contributed by atoms with Gasteiger partial charge in [0.15, 0.2) is 42.5 Å². The van der Waals surface area contributed by atoms with Crippen LogP contribution in [0.5, 0.6) is 0 Å². The fraction of sp³-hybridized carbons (Fsp3) is 0.837. The maximum absolute atomic E-state index is 12.2. The second-order valence-corrected chi connectivity index (χ2v) is 18.5. The zero-order valence-corrected chi connectivity index (χ0v) is 43.4. The van der Waals surface area contributed by atoms with Gasteiger partial charge in [-0.3, -0.25) is 28.8 Å². The summed E-state index contributed by atoms with van der Waals surface area (Å²) in [7, 11) is 0.